The smallest absolute Gasteiger partial charge is 0.179 e. The van der Waals surface area contributed by atoms with Gasteiger partial charge in [-0.2, -0.15) is 0 Å². The second-order valence-electron chi connectivity index (χ2n) is 10.2. The van der Waals surface area contributed by atoms with Crippen LogP contribution in [0.2, 0.25) is 0 Å². The maximum Gasteiger partial charge on any atom is 0.179 e. The van der Waals surface area contributed by atoms with Gasteiger partial charge in [0.05, 0.1) is 22.4 Å². The molecule has 0 aliphatic carbocycles. The fourth-order valence-electron chi connectivity index (χ4n) is 6.10. The molecule has 6 aromatic rings. The predicted molar refractivity (Wildman–Crippen MR) is 150 cm³/mol. The molecule has 0 atom stereocenters. The van der Waals surface area contributed by atoms with Gasteiger partial charge in [0.25, 0.3) is 0 Å². The van der Waals surface area contributed by atoms with Gasteiger partial charge in [-0.1, -0.05) is 35.4 Å². The maximum absolute atomic E-state index is 12.5. The van der Waals surface area contributed by atoms with Gasteiger partial charge in [-0.25, -0.2) is 4.98 Å². The van der Waals surface area contributed by atoms with Gasteiger partial charge in [0.1, 0.15) is 5.65 Å². The van der Waals surface area contributed by atoms with Gasteiger partial charge >= 0.3 is 0 Å². The molecule has 0 aliphatic rings. The average Bonchev–Trinajstić information content (AvgIpc) is 3.18. The number of fused-ring (bicyclic) bond motifs is 6. The molecule has 3 aromatic carbocycles. The monoisotopic (exact) mass is 471 g/mol. The third-order valence-corrected chi connectivity index (χ3v) is 7.28. The minimum absolute atomic E-state index is 0.0174. The van der Waals surface area contributed by atoms with Gasteiger partial charge in [0, 0.05) is 28.1 Å². The molecule has 1 N–H and O–H groups in total. The zero-order valence-corrected chi connectivity index (χ0v) is 21.6. The van der Waals surface area contributed by atoms with Crippen LogP contribution in [0.4, 0.5) is 0 Å². The predicted octanol–water partition coefficient (Wildman–Crippen LogP) is 7.51. The van der Waals surface area contributed by atoms with Crippen molar-refractivity contribution >= 4 is 27.5 Å². The molecular formula is C32H29N3O. The molecule has 0 unspecified atom stereocenters. The van der Waals surface area contributed by atoms with Crippen LogP contribution in [0.15, 0.2) is 65.6 Å². The highest BCUT2D eigenvalue weighted by molar-refractivity contribution is 6.11. The molecule has 0 spiro atoms. The van der Waals surface area contributed by atoms with Gasteiger partial charge in [-0.15, -0.1) is 0 Å². The van der Waals surface area contributed by atoms with Gasteiger partial charge in [-0.3, -0.25) is 9.20 Å². The number of nitrogens with one attached hydrogen (secondary N) is 1. The van der Waals surface area contributed by atoms with Crippen LogP contribution in [-0.2, 0) is 0 Å². The summed E-state index contributed by atoms with van der Waals surface area (Å²) in [6.45, 7) is 13.0. The first-order valence-electron chi connectivity index (χ1n) is 12.4. The second-order valence-corrected chi connectivity index (χ2v) is 10.2. The summed E-state index contributed by atoms with van der Waals surface area (Å²) in [5, 5.41) is 1.85. The van der Waals surface area contributed by atoms with Crippen LogP contribution in [0.3, 0.4) is 0 Å². The van der Waals surface area contributed by atoms with Crippen molar-refractivity contribution in [1.29, 1.82) is 0 Å². The van der Waals surface area contributed by atoms with Crippen molar-refractivity contribution in [3.8, 4) is 22.5 Å². The summed E-state index contributed by atoms with van der Waals surface area (Å²) in [5.41, 5.74) is 14.5. The molecular weight excluding hydrogens is 442 g/mol. The van der Waals surface area contributed by atoms with Crippen molar-refractivity contribution in [3.63, 3.8) is 0 Å². The molecule has 36 heavy (non-hydrogen) atoms. The molecule has 0 aliphatic heterocycles. The molecule has 0 amide bonds. The van der Waals surface area contributed by atoms with Gasteiger partial charge < -0.3 is 4.98 Å². The van der Waals surface area contributed by atoms with Crippen LogP contribution in [0.25, 0.3) is 50.0 Å². The first-order valence-corrected chi connectivity index (χ1v) is 12.4. The Morgan fingerprint density at radius 2 is 1.33 bits per heavy atom. The first-order chi connectivity index (χ1) is 17.2. The highest BCUT2D eigenvalue weighted by Gasteiger charge is 2.25. The molecule has 0 saturated heterocycles. The molecule has 4 heteroatoms. The Balaban J connectivity index is 1.94. The van der Waals surface area contributed by atoms with E-state index in [1.807, 2.05) is 18.3 Å². The summed E-state index contributed by atoms with van der Waals surface area (Å²) in [5.74, 6) is 0. The number of benzene rings is 3. The fourth-order valence-corrected chi connectivity index (χ4v) is 6.10. The number of H-pyrrole nitrogens is 1. The number of rotatable bonds is 2. The lowest BCUT2D eigenvalue weighted by Gasteiger charge is -2.17. The summed E-state index contributed by atoms with van der Waals surface area (Å²) < 4.78 is 2.26. The minimum atomic E-state index is -0.0174. The third kappa shape index (κ3) is 3.21. The summed E-state index contributed by atoms with van der Waals surface area (Å²) >= 11 is 0. The Hall–Kier alpha value is -4.18. The van der Waals surface area contributed by atoms with Crippen molar-refractivity contribution < 1.29 is 0 Å². The topological polar surface area (TPSA) is 50.2 Å². The van der Waals surface area contributed by atoms with Crippen molar-refractivity contribution in [2.45, 2.75) is 41.5 Å². The highest BCUT2D eigenvalue weighted by atomic mass is 16.1. The van der Waals surface area contributed by atoms with Crippen LogP contribution >= 0.6 is 0 Å². The number of aromatic nitrogens is 3. The molecule has 178 valence electrons. The largest absolute Gasteiger partial charge is 0.359 e. The molecule has 0 bridgehead atoms. The normalized spacial score (nSPS) is 11.7. The number of nitrogens with zero attached hydrogens (tertiary/aromatic N) is 2. The number of hydrogen-bond acceptors (Lipinski definition) is 2. The van der Waals surface area contributed by atoms with E-state index >= 15 is 0 Å². The van der Waals surface area contributed by atoms with Crippen molar-refractivity contribution in [2.75, 3.05) is 0 Å². The molecule has 0 saturated carbocycles. The highest BCUT2D eigenvalue weighted by Crippen LogP contribution is 2.42. The molecule has 3 aromatic heterocycles. The number of pyridine rings is 2. The second kappa shape index (κ2) is 7.92. The van der Waals surface area contributed by atoms with E-state index in [0.717, 1.165) is 44.4 Å². The van der Waals surface area contributed by atoms with E-state index in [9.17, 15) is 4.79 Å². The molecule has 0 radical (unpaired) electrons. The van der Waals surface area contributed by atoms with E-state index in [4.69, 9.17) is 4.98 Å². The average molecular weight is 472 g/mol. The molecule has 3 heterocycles. The fraction of sp³-hybridized carbons (Fsp3) is 0.188. The number of hydrogen-bond donors (Lipinski definition) is 1. The number of imidazole rings is 1. The Kier molecular flexibility index (Phi) is 4.91. The standard InChI is InChI=1S/C32H29N3O/c1-17-12-19(3)27(20(4)13-17)30-31(28-21(5)14-18(2)15-22(28)6)35-26-8-7-11-33-29(26)24-10-9-23(36)16-25(24)32(35)34-30/h7-16,33H,1-6H3. The van der Waals surface area contributed by atoms with E-state index in [1.54, 1.807) is 12.1 Å². The number of aromatic amines is 1. The number of aryl methyl sites for hydroxylation is 6. The Labute approximate surface area is 210 Å². The zero-order valence-electron chi connectivity index (χ0n) is 21.6. The van der Waals surface area contributed by atoms with Crippen LogP contribution in [0, 0.1) is 41.5 Å². The quantitative estimate of drug-likeness (QED) is 0.266. The van der Waals surface area contributed by atoms with E-state index in [1.165, 1.54) is 38.9 Å². The lowest BCUT2D eigenvalue weighted by atomic mass is 9.91. The SMILES string of the molecule is Cc1cc(C)c(-c2nc3c4cc(=O)ccc4c4[nH]cccc4n3c2-c2c(C)cc(C)cc2C)c(C)c1. The maximum atomic E-state index is 12.5. The lowest BCUT2D eigenvalue weighted by Crippen LogP contribution is -2.01. The van der Waals surface area contributed by atoms with Crippen molar-refractivity contribution in [1.82, 2.24) is 14.4 Å². The Morgan fingerprint density at radius 3 is 1.97 bits per heavy atom. The Bertz CT molecular complexity index is 1870. The van der Waals surface area contributed by atoms with Gasteiger partial charge in [0.2, 0.25) is 0 Å². The minimum Gasteiger partial charge on any atom is -0.359 e. The van der Waals surface area contributed by atoms with Crippen LogP contribution < -0.4 is 5.43 Å². The van der Waals surface area contributed by atoms with E-state index in [-0.39, 0.29) is 5.43 Å². The third-order valence-electron chi connectivity index (χ3n) is 7.28. The van der Waals surface area contributed by atoms with Crippen LogP contribution in [0.5, 0.6) is 0 Å². The summed E-state index contributed by atoms with van der Waals surface area (Å²) in [4.78, 5) is 21.3. The molecule has 0 fully saturated rings. The molecule has 6 rings (SSSR count). The molecule has 4 nitrogen and oxygen atoms in total. The van der Waals surface area contributed by atoms with E-state index in [0.29, 0.717) is 0 Å². The summed E-state index contributed by atoms with van der Waals surface area (Å²) in [7, 11) is 0. The van der Waals surface area contributed by atoms with Crippen molar-refractivity contribution in [3.05, 3.63) is 104 Å². The lowest BCUT2D eigenvalue weighted by molar-refractivity contribution is 1.22. The first kappa shape index (κ1) is 22.3. The van der Waals surface area contributed by atoms with E-state index < -0.39 is 0 Å². The van der Waals surface area contributed by atoms with E-state index in [2.05, 4.69) is 81.3 Å². The van der Waals surface area contributed by atoms with Crippen LogP contribution in [-0.4, -0.2) is 14.4 Å². The van der Waals surface area contributed by atoms with Gasteiger partial charge in [-0.05, 0) is 94.1 Å². The summed E-state index contributed by atoms with van der Waals surface area (Å²) in [6.07, 6.45) is 1.94. The van der Waals surface area contributed by atoms with Crippen LogP contribution in [0.1, 0.15) is 33.4 Å². The Morgan fingerprint density at radius 1 is 0.722 bits per heavy atom. The zero-order chi connectivity index (χ0) is 25.3. The summed E-state index contributed by atoms with van der Waals surface area (Å²) in [6, 6.07) is 18.4. The van der Waals surface area contributed by atoms with Gasteiger partial charge in [0.15, 0.2) is 5.43 Å². The van der Waals surface area contributed by atoms with Crippen molar-refractivity contribution in [2.24, 2.45) is 0 Å².